The zero-order valence-corrected chi connectivity index (χ0v) is 17.0. The zero-order valence-electron chi connectivity index (χ0n) is 17.0. The minimum Gasteiger partial charge on any atom is -0.0984 e. The van der Waals surface area contributed by atoms with Crippen LogP contribution in [0.25, 0.3) is 39.6 Å². The van der Waals surface area contributed by atoms with Crippen LogP contribution in [-0.2, 0) is 0 Å². The van der Waals surface area contributed by atoms with Gasteiger partial charge in [-0.05, 0) is 57.5 Å². The van der Waals surface area contributed by atoms with E-state index in [0.717, 1.165) is 12.0 Å². The Labute approximate surface area is 179 Å². The second-order valence-electron chi connectivity index (χ2n) is 6.15. The molecule has 0 aliphatic heterocycles. The topological polar surface area (TPSA) is 0 Å². The van der Waals surface area contributed by atoms with Crippen molar-refractivity contribution >= 4 is 28.5 Å². The molecule has 0 heterocycles. The van der Waals surface area contributed by atoms with Crippen molar-refractivity contribution in [3.63, 3.8) is 0 Å². The quantitative estimate of drug-likeness (QED) is 0.409. The van der Waals surface area contributed by atoms with Crippen molar-refractivity contribution in [2.45, 2.75) is 49.0 Å². The van der Waals surface area contributed by atoms with Gasteiger partial charge in [0, 0.05) is 0 Å². The summed E-state index contributed by atoms with van der Waals surface area (Å²) in [6, 6.07) is 19.2. The Balaban J connectivity index is 0.00000190. The average molecular weight is 387 g/mol. The van der Waals surface area contributed by atoms with Crippen LogP contribution in [0.15, 0.2) is 73.8 Å². The maximum absolute atomic E-state index is 4.33. The number of hydrogen-bond donors (Lipinski definition) is 0. The molecular weight excluding hydrogens is 348 g/mol. The van der Waals surface area contributed by atoms with Crippen LogP contribution >= 0.6 is 0 Å². The van der Waals surface area contributed by atoms with Crippen LogP contribution in [0.5, 0.6) is 0 Å². The lowest BCUT2D eigenvalue weighted by molar-refractivity contribution is 1.25. The van der Waals surface area contributed by atoms with Gasteiger partial charge in [-0.25, -0.2) is 0 Å². The molecule has 0 aliphatic carbocycles. The second kappa shape index (κ2) is 12.6. The summed E-state index contributed by atoms with van der Waals surface area (Å²) in [7, 11) is 0. The third-order valence-electron chi connectivity index (χ3n) is 4.67. The van der Waals surface area contributed by atoms with Crippen molar-refractivity contribution < 1.29 is 0 Å². The monoisotopic (exact) mass is 386 g/mol. The molecule has 0 bridgehead atoms. The van der Waals surface area contributed by atoms with E-state index < -0.39 is 0 Å². The lowest BCUT2D eigenvalue weighted by Gasteiger charge is -2.20. The standard InChI is InChI=1S/C25H24.C2H6.2CH4/c1-5-13-21-20(7-3)24(18(4)6-2)22-16-11-12-17-23(22)25(21)19-14-9-8-10-15-19;1-2;;/h5,7-17H,3-4,6H2,1-2H3;1-2H3;2*1H4/b13-5-;;;. The van der Waals surface area contributed by atoms with E-state index in [1.165, 1.54) is 38.6 Å². The molecule has 0 amide bonds. The molecule has 0 atom stereocenters. The highest BCUT2D eigenvalue weighted by atomic mass is 14.2. The molecule has 0 N–H and O–H groups in total. The Morgan fingerprint density at radius 3 is 1.93 bits per heavy atom. The highest BCUT2D eigenvalue weighted by Crippen LogP contribution is 2.41. The van der Waals surface area contributed by atoms with Crippen LogP contribution in [0.4, 0.5) is 0 Å². The zero-order chi connectivity index (χ0) is 19.8. The van der Waals surface area contributed by atoms with E-state index in [-0.39, 0.29) is 14.9 Å². The average Bonchev–Trinajstić information content (AvgIpc) is 2.74. The van der Waals surface area contributed by atoms with E-state index >= 15 is 0 Å². The normalized spacial score (nSPS) is 9.79. The highest BCUT2D eigenvalue weighted by Gasteiger charge is 2.18. The summed E-state index contributed by atoms with van der Waals surface area (Å²) in [5.41, 5.74) is 7.24. The third-order valence-corrected chi connectivity index (χ3v) is 4.67. The molecule has 0 heteroatoms. The molecule has 0 saturated carbocycles. The van der Waals surface area contributed by atoms with Gasteiger partial charge in [0.1, 0.15) is 0 Å². The molecule has 0 nitrogen and oxygen atoms in total. The fourth-order valence-corrected chi connectivity index (χ4v) is 3.50. The van der Waals surface area contributed by atoms with Crippen molar-refractivity contribution in [3.8, 4) is 11.1 Å². The first-order chi connectivity index (χ1) is 13.2. The van der Waals surface area contributed by atoms with Crippen molar-refractivity contribution in [3.05, 3.63) is 90.5 Å². The van der Waals surface area contributed by atoms with Crippen molar-refractivity contribution in [1.29, 1.82) is 0 Å². The van der Waals surface area contributed by atoms with Gasteiger partial charge in [0.2, 0.25) is 0 Å². The molecule has 3 rings (SSSR count). The van der Waals surface area contributed by atoms with Crippen LogP contribution in [0.3, 0.4) is 0 Å². The molecule has 3 aromatic carbocycles. The maximum Gasteiger partial charge on any atom is -0.00265 e. The van der Waals surface area contributed by atoms with E-state index in [9.17, 15) is 0 Å². The van der Waals surface area contributed by atoms with Gasteiger partial charge in [-0.1, -0.05) is 122 Å². The summed E-state index contributed by atoms with van der Waals surface area (Å²) in [5.74, 6) is 0. The second-order valence-corrected chi connectivity index (χ2v) is 6.15. The predicted octanol–water partition coefficient (Wildman–Crippen LogP) is 9.90. The van der Waals surface area contributed by atoms with Crippen LogP contribution in [0, 0.1) is 0 Å². The summed E-state index contributed by atoms with van der Waals surface area (Å²) in [5, 5.41) is 2.51. The number of fused-ring (bicyclic) bond motifs is 1. The van der Waals surface area contributed by atoms with Gasteiger partial charge < -0.3 is 0 Å². The van der Waals surface area contributed by atoms with Crippen LogP contribution < -0.4 is 0 Å². The number of hydrogen-bond acceptors (Lipinski definition) is 0. The Bertz CT molecular complexity index is 956. The van der Waals surface area contributed by atoms with Crippen molar-refractivity contribution in [2.75, 3.05) is 0 Å². The molecule has 0 saturated heterocycles. The lowest BCUT2D eigenvalue weighted by Crippen LogP contribution is -1.98. The minimum atomic E-state index is 0. The predicted molar refractivity (Wildman–Crippen MR) is 138 cm³/mol. The Hall–Kier alpha value is -2.86. The molecule has 0 unspecified atom stereocenters. The highest BCUT2D eigenvalue weighted by molar-refractivity contribution is 6.09. The fraction of sp³-hybridized carbons (Fsp3) is 0.241. The Kier molecular flexibility index (Phi) is 11.3. The van der Waals surface area contributed by atoms with Crippen LogP contribution in [0.1, 0.15) is 65.7 Å². The van der Waals surface area contributed by atoms with E-state index in [0.29, 0.717) is 0 Å². The summed E-state index contributed by atoms with van der Waals surface area (Å²) in [6.45, 7) is 16.7. The smallest absolute Gasteiger partial charge is 0.00265 e. The number of allylic oxidation sites excluding steroid dienone is 2. The first kappa shape index (κ1) is 26.1. The first-order valence-electron chi connectivity index (χ1n) is 9.80. The van der Waals surface area contributed by atoms with E-state index in [1.807, 2.05) is 19.9 Å². The van der Waals surface area contributed by atoms with Gasteiger partial charge in [0.05, 0.1) is 0 Å². The van der Waals surface area contributed by atoms with Crippen LogP contribution in [0.2, 0.25) is 0 Å². The van der Waals surface area contributed by atoms with Gasteiger partial charge in [-0.3, -0.25) is 0 Å². The molecule has 0 aromatic heterocycles. The van der Waals surface area contributed by atoms with E-state index in [1.54, 1.807) is 0 Å². The molecule has 0 spiro atoms. The van der Waals surface area contributed by atoms with Gasteiger partial charge in [-0.15, -0.1) is 0 Å². The summed E-state index contributed by atoms with van der Waals surface area (Å²) in [6.07, 6.45) is 7.19. The maximum atomic E-state index is 4.33. The number of rotatable bonds is 5. The molecule has 0 radical (unpaired) electrons. The Morgan fingerprint density at radius 1 is 0.862 bits per heavy atom. The largest absolute Gasteiger partial charge is 0.0984 e. The SMILES string of the molecule is C.C.C=Cc1c(/C=C\C)c(-c2ccccc2)c2ccccc2c1C(=C)CC.CC. The number of benzene rings is 3. The molecule has 154 valence electrons. The van der Waals surface area contributed by atoms with E-state index in [2.05, 4.69) is 93.8 Å². The molecule has 29 heavy (non-hydrogen) atoms. The van der Waals surface area contributed by atoms with Gasteiger partial charge in [0.15, 0.2) is 0 Å². The third kappa shape index (κ3) is 5.15. The van der Waals surface area contributed by atoms with Gasteiger partial charge in [-0.2, -0.15) is 0 Å². The van der Waals surface area contributed by atoms with Crippen molar-refractivity contribution in [2.24, 2.45) is 0 Å². The molecular formula is C29H38. The molecule has 0 aliphatic rings. The fourth-order valence-electron chi connectivity index (χ4n) is 3.50. The van der Waals surface area contributed by atoms with Gasteiger partial charge >= 0.3 is 0 Å². The summed E-state index contributed by atoms with van der Waals surface area (Å²) >= 11 is 0. The molecule has 0 fully saturated rings. The lowest BCUT2D eigenvalue weighted by atomic mass is 9.83. The first-order valence-corrected chi connectivity index (χ1v) is 9.80. The van der Waals surface area contributed by atoms with Gasteiger partial charge in [0.25, 0.3) is 0 Å². The van der Waals surface area contributed by atoms with E-state index in [4.69, 9.17) is 0 Å². The minimum absolute atomic E-state index is 0. The Morgan fingerprint density at radius 2 is 1.41 bits per heavy atom. The summed E-state index contributed by atoms with van der Waals surface area (Å²) < 4.78 is 0. The molecule has 3 aromatic rings. The summed E-state index contributed by atoms with van der Waals surface area (Å²) in [4.78, 5) is 0. The van der Waals surface area contributed by atoms with Crippen LogP contribution in [-0.4, -0.2) is 0 Å². The van der Waals surface area contributed by atoms with Crippen molar-refractivity contribution in [1.82, 2.24) is 0 Å².